The number of nitrogens with one attached hydrogen (secondary N) is 1. The topological polar surface area (TPSA) is 59.4 Å². The van der Waals surface area contributed by atoms with Gasteiger partial charge in [-0.3, -0.25) is 9.48 Å². The van der Waals surface area contributed by atoms with Gasteiger partial charge in [-0.05, 0) is 43.7 Å². The molecular weight excluding hydrogens is 335 g/mol. The fourth-order valence-corrected chi connectivity index (χ4v) is 3.23. The summed E-state index contributed by atoms with van der Waals surface area (Å²) in [7, 11) is 1.88. The quantitative estimate of drug-likeness (QED) is 0.696. The predicted molar refractivity (Wildman–Crippen MR) is 96.2 cm³/mol. The van der Waals surface area contributed by atoms with E-state index in [1.807, 2.05) is 24.3 Å². The van der Waals surface area contributed by atoms with Crippen molar-refractivity contribution in [1.82, 2.24) is 20.0 Å². The number of hydrogen-bond donors (Lipinski definition) is 1. The molecule has 3 rings (SSSR count). The van der Waals surface area contributed by atoms with E-state index < -0.39 is 0 Å². The molecule has 0 saturated carbocycles. The van der Waals surface area contributed by atoms with Crippen molar-refractivity contribution in [2.75, 3.05) is 19.7 Å². The summed E-state index contributed by atoms with van der Waals surface area (Å²) in [6, 6.07) is 6.28. The van der Waals surface area contributed by atoms with E-state index in [4.69, 9.17) is 4.74 Å². The van der Waals surface area contributed by atoms with Crippen molar-refractivity contribution in [3.63, 3.8) is 0 Å². The van der Waals surface area contributed by atoms with Crippen LogP contribution in [0.25, 0.3) is 0 Å². The van der Waals surface area contributed by atoms with Crippen LogP contribution in [0.3, 0.4) is 0 Å². The highest BCUT2D eigenvalue weighted by molar-refractivity contribution is 5.78. The van der Waals surface area contributed by atoms with E-state index in [2.05, 4.69) is 10.4 Å². The monoisotopic (exact) mass is 360 g/mol. The number of benzene rings is 1. The Balaban J connectivity index is 1.35. The third kappa shape index (κ3) is 5.05. The first kappa shape index (κ1) is 18.4. The van der Waals surface area contributed by atoms with Crippen LogP contribution >= 0.6 is 0 Å². The van der Waals surface area contributed by atoms with Gasteiger partial charge in [-0.1, -0.05) is 0 Å². The van der Waals surface area contributed by atoms with Gasteiger partial charge >= 0.3 is 0 Å². The number of hydrogen-bond acceptors (Lipinski definition) is 4. The fourth-order valence-electron chi connectivity index (χ4n) is 3.23. The molecular formula is C19H25FN4O2. The van der Waals surface area contributed by atoms with E-state index in [1.54, 1.807) is 16.8 Å². The molecule has 1 aromatic heterocycles. The Kier molecular flexibility index (Phi) is 6.22. The minimum Gasteiger partial charge on any atom is -0.492 e. The molecule has 2 heterocycles. The molecule has 0 unspecified atom stereocenters. The molecule has 2 aromatic rings. The summed E-state index contributed by atoms with van der Waals surface area (Å²) in [6.45, 7) is 2.69. The Morgan fingerprint density at radius 1 is 1.31 bits per heavy atom. The molecule has 1 N–H and O–H groups in total. The van der Waals surface area contributed by atoms with Crippen molar-refractivity contribution in [3.05, 3.63) is 48.0 Å². The summed E-state index contributed by atoms with van der Waals surface area (Å²) in [6.07, 6.45) is 6.22. The first-order valence-corrected chi connectivity index (χ1v) is 8.98. The van der Waals surface area contributed by atoms with E-state index in [1.165, 1.54) is 12.1 Å². The number of amides is 1. The molecule has 0 spiro atoms. The Morgan fingerprint density at radius 3 is 2.85 bits per heavy atom. The van der Waals surface area contributed by atoms with Crippen LogP contribution < -0.4 is 10.1 Å². The number of aromatic nitrogens is 2. The van der Waals surface area contributed by atoms with Crippen LogP contribution in [0.2, 0.25) is 0 Å². The van der Waals surface area contributed by atoms with Crippen LogP contribution in [-0.4, -0.2) is 46.3 Å². The van der Waals surface area contributed by atoms with Gasteiger partial charge in [0, 0.05) is 44.4 Å². The average molecular weight is 360 g/mol. The smallest absolute Gasteiger partial charge is 0.223 e. The molecule has 1 saturated heterocycles. The van der Waals surface area contributed by atoms with Crippen molar-refractivity contribution in [1.29, 1.82) is 0 Å². The second kappa shape index (κ2) is 8.80. The molecule has 140 valence electrons. The Bertz CT molecular complexity index is 717. The van der Waals surface area contributed by atoms with Gasteiger partial charge < -0.3 is 15.0 Å². The molecule has 0 radical (unpaired) electrons. The third-order valence-corrected chi connectivity index (χ3v) is 4.58. The molecule has 1 amide bonds. The molecule has 1 aromatic carbocycles. The van der Waals surface area contributed by atoms with Gasteiger partial charge in [0.1, 0.15) is 18.2 Å². The average Bonchev–Trinajstić information content (AvgIpc) is 3.19. The van der Waals surface area contributed by atoms with Gasteiger partial charge in [-0.15, -0.1) is 0 Å². The molecule has 7 heteroatoms. The summed E-state index contributed by atoms with van der Waals surface area (Å²) in [4.78, 5) is 14.1. The SMILES string of the molecule is Cn1cc(CN2C(=O)CC[C@H]2CCNCCOc2ccc(F)cc2)cn1. The minimum atomic E-state index is -0.266. The Labute approximate surface area is 152 Å². The molecule has 0 bridgehead atoms. The van der Waals surface area contributed by atoms with E-state index in [-0.39, 0.29) is 17.8 Å². The van der Waals surface area contributed by atoms with Crippen molar-refractivity contribution >= 4 is 5.91 Å². The molecule has 0 aliphatic carbocycles. The minimum absolute atomic E-state index is 0.221. The summed E-state index contributed by atoms with van der Waals surface area (Å²) in [5.41, 5.74) is 1.06. The lowest BCUT2D eigenvalue weighted by Gasteiger charge is -2.24. The number of nitrogens with zero attached hydrogens (tertiary/aromatic N) is 3. The summed E-state index contributed by atoms with van der Waals surface area (Å²) in [5.74, 6) is 0.619. The van der Waals surface area contributed by atoms with Gasteiger partial charge in [-0.25, -0.2) is 4.39 Å². The standard InChI is InChI=1S/C19H25FN4O2/c1-23-13-15(12-22-23)14-24-17(4-7-19(24)25)8-9-21-10-11-26-18-5-2-16(20)3-6-18/h2-3,5-6,12-13,17,21H,4,7-11,14H2,1H3/t17-/m0/s1. The second-order valence-corrected chi connectivity index (χ2v) is 6.58. The number of halogens is 1. The van der Waals surface area contributed by atoms with E-state index in [0.29, 0.717) is 31.9 Å². The largest absolute Gasteiger partial charge is 0.492 e. The molecule has 26 heavy (non-hydrogen) atoms. The first-order chi connectivity index (χ1) is 12.6. The third-order valence-electron chi connectivity index (χ3n) is 4.58. The number of aryl methyl sites for hydroxylation is 1. The summed E-state index contributed by atoms with van der Waals surface area (Å²) >= 11 is 0. The first-order valence-electron chi connectivity index (χ1n) is 8.98. The fraction of sp³-hybridized carbons (Fsp3) is 0.474. The van der Waals surface area contributed by atoms with Crippen molar-refractivity contribution in [3.8, 4) is 5.75 Å². The highest BCUT2D eigenvalue weighted by atomic mass is 19.1. The van der Waals surface area contributed by atoms with Gasteiger partial charge in [0.25, 0.3) is 0 Å². The summed E-state index contributed by atoms with van der Waals surface area (Å²) < 4.78 is 20.1. The number of carbonyl (C=O) groups is 1. The van der Waals surface area contributed by atoms with Crippen LogP contribution in [0.4, 0.5) is 4.39 Å². The number of likely N-dealkylation sites (tertiary alicyclic amines) is 1. The summed E-state index contributed by atoms with van der Waals surface area (Å²) in [5, 5.41) is 7.51. The van der Waals surface area contributed by atoms with Crippen molar-refractivity contribution < 1.29 is 13.9 Å². The number of rotatable bonds is 9. The van der Waals surface area contributed by atoms with Gasteiger partial charge in [-0.2, -0.15) is 5.10 Å². The van der Waals surface area contributed by atoms with Gasteiger partial charge in [0.2, 0.25) is 5.91 Å². The number of carbonyl (C=O) groups excluding carboxylic acids is 1. The predicted octanol–water partition coefficient (Wildman–Crippen LogP) is 2.11. The maximum Gasteiger partial charge on any atom is 0.223 e. The lowest BCUT2D eigenvalue weighted by Crippen LogP contribution is -2.35. The van der Waals surface area contributed by atoms with Crippen molar-refractivity contribution in [2.24, 2.45) is 7.05 Å². The lowest BCUT2D eigenvalue weighted by atomic mass is 10.1. The Hall–Kier alpha value is -2.41. The highest BCUT2D eigenvalue weighted by Crippen LogP contribution is 2.23. The highest BCUT2D eigenvalue weighted by Gasteiger charge is 2.30. The van der Waals surface area contributed by atoms with Gasteiger partial charge in [0.05, 0.1) is 6.20 Å². The zero-order chi connectivity index (χ0) is 18.4. The van der Waals surface area contributed by atoms with Crippen LogP contribution in [0.1, 0.15) is 24.8 Å². The molecule has 1 atom stereocenters. The number of ether oxygens (including phenoxy) is 1. The van der Waals surface area contributed by atoms with Crippen LogP contribution in [0.5, 0.6) is 5.75 Å². The van der Waals surface area contributed by atoms with Crippen LogP contribution in [-0.2, 0) is 18.4 Å². The van der Waals surface area contributed by atoms with E-state index >= 15 is 0 Å². The second-order valence-electron chi connectivity index (χ2n) is 6.58. The van der Waals surface area contributed by atoms with Gasteiger partial charge in [0.15, 0.2) is 0 Å². The maximum absolute atomic E-state index is 12.8. The zero-order valence-electron chi connectivity index (χ0n) is 15.0. The molecule has 1 aliphatic rings. The van der Waals surface area contributed by atoms with Crippen LogP contribution in [0.15, 0.2) is 36.7 Å². The molecule has 1 fully saturated rings. The van der Waals surface area contributed by atoms with E-state index in [0.717, 1.165) is 24.9 Å². The van der Waals surface area contributed by atoms with Crippen LogP contribution in [0, 0.1) is 5.82 Å². The maximum atomic E-state index is 12.8. The Morgan fingerprint density at radius 2 is 2.12 bits per heavy atom. The zero-order valence-corrected chi connectivity index (χ0v) is 15.0. The molecule has 6 nitrogen and oxygen atoms in total. The molecule has 1 aliphatic heterocycles. The van der Waals surface area contributed by atoms with E-state index in [9.17, 15) is 9.18 Å². The lowest BCUT2D eigenvalue weighted by molar-refractivity contribution is -0.129. The van der Waals surface area contributed by atoms with Crippen molar-refractivity contribution in [2.45, 2.75) is 31.8 Å². The normalized spacial score (nSPS) is 17.1.